The molecule has 0 spiro atoms. The number of aliphatic imine (C=N–C) groups is 1. The van der Waals surface area contributed by atoms with E-state index in [2.05, 4.69) is 41.5 Å². The van der Waals surface area contributed by atoms with Gasteiger partial charge in [0, 0.05) is 18.9 Å². The number of hydrogen-bond acceptors (Lipinski definition) is 9. The Kier molecular flexibility index (Phi) is 8.99. The highest BCUT2D eigenvalue weighted by atomic mass is 79.9. The second-order valence-electron chi connectivity index (χ2n) is 5.20. The van der Waals surface area contributed by atoms with E-state index in [0.29, 0.717) is 0 Å². The van der Waals surface area contributed by atoms with E-state index in [1.165, 1.54) is 0 Å². The highest BCUT2D eigenvalue weighted by Crippen LogP contribution is 2.28. The number of aromatic nitrogens is 2. The molecule has 28 heavy (non-hydrogen) atoms. The van der Waals surface area contributed by atoms with Gasteiger partial charge in [0.1, 0.15) is 5.52 Å². The van der Waals surface area contributed by atoms with Crippen molar-refractivity contribution < 1.29 is 30.0 Å². The summed E-state index contributed by atoms with van der Waals surface area (Å²) in [4.78, 5) is 32.4. The van der Waals surface area contributed by atoms with Crippen molar-refractivity contribution in [1.82, 2.24) is 15.3 Å². The van der Waals surface area contributed by atoms with E-state index >= 15 is 0 Å². The van der Waals surface area contributed by atoms with Gasteiger partial charge in [-0.1, -0.05) is 0 Å². The van der Waals surface area contributed by atoms with E-state index in [1.54, 1.807) is 12.4 Å². The summed E-state index contributed by atoms with van der Waals surface area (Å²) in [5, 5.41) is 38.9. The molecule has 6 N–H and O–H groups in total. The molecule has 11 nitrogen and oxygen atoms in total. The molecule has 1 aromatic carbocycles. The predicted octanol–water partition coefficient (Wildman–Crippen LogP) is 0.0626. The molecule has 2 aromatic rings. The molecule has 1 aliphatic heterocycles. The Morgan fingerprint density at radius 2 is 1.71 bits per heavy atom. The highest BCUT2D eigenvalue weighted by molar-refractivity contribution is 9.10. The molecule has 1 aliphatic rings. The Hall–Kier alpha value is -2.54. The molecule has 3 rings (SSSR count). The molecule has 2 unspecified atom stereocenters. The third-order valence-electron chi connectivity index (χ3n) is 3.31. The van der Waals surface area contributed by atoms with Crippen molar-refractivity contribution in [2.75, 3.05) is 18.4 Å². The zero-order chi connectivity index (χ0) is 20.0. The number of carboxylic acid groups (broad SMARTS) is 2. The van der Waals surface area contributed by atoms with Crippen LogP contribution >= 0.6 is 28.3 Å². The molecule has 0 radical (unpaired) electrons. The lowest BCUT2D eigenvalue weighted by atomic mass is 10.2. The maximum Gasteiger partial charge on any atom is 0.335 e. The van der Waals surface area contributed by atoms with Gasteiger partial charge < -0.3 is 31.1 Å². The molecule has 0 aliphatic carbocycles. The number of halogens is 2. The van der Waals surface area contributed by atoms with Crippen molar-refractivity contribution in [2.24, 2.45) is 4.99 Å². The van der Waals surface area contributed by atoms with Gasteiger partial charge in [-0.25, -0.2) is 9.59 Å². The minimum atomic E-state index is -2.27. The molecule has 152 valence electrons. The molecule has 2 atom stereocenters. The fraction of sp³-hybridized carbons (Fsp3) is 0.267. The first-order valence-corrected chi connectivity index (χ1v) is 8.37. The number of guanidine groups is 1. The molecule has 0 saturated carbocycles. The van der Waals surface area contributed by atoms with Crippen LogP contribution in [-0.2, 0) is 9.59 Å². The summed E-state index contributed by atoms with van der Waals surface area (Å²) < 4.78 is 0.902. The van der Waals surface area contributed by atoms with Gasteiger partial charge in [0.25, 0.3) is 0 Å². The number of hydrogen-bond donors (Lipinski definition) is 6. The minimum absolute atomic E-state index is 0. The van der Waals surface area contributed by atoms with E-state index in [9.17, 15) is 9.59 Å². The second-order valence-corrected chi connectivity index (χ2v) is 5.99. The number of benzene rings is 1. The number of nitrogens with one attached hydrogen (secondary N) is 2. The van der Waals surface area contributed by atoms with Gasteiger partial charge in [-0.3, -0.25) is 15.0 Å². The van der Waals surface area contributed by atoms with Crippen molar-refractivity contribution in [3.63, 3.8) is 0 Å². The Bertz CT molecular complexity index is 865. The molecule has 0 amide bonds. The lowest BCUT2D eigenvalue weighted by Crippen LogP contribution is -2.39. The number of rotatable bonds is 4. The molecule has 1 aromatic heterocycles. The van der Waals surface area contributed by atoms with Crippen LogP contribution in [0, 0.1) is 0 Å². The SMILES string of the molecule is Brc1c(NC2=NCCN2)ccc2nccnc12.Cl.O=C(O)C(O)C(O)C(=O)O. The van der Waals surface area contributed by atoms with Gasteiger partial charge in [-0.15, -0.1) is 12.4 Å². The van der Waals surface area contributed by atoms with Crippen molar-refractivity contribution in [3.05, 3.63) is 29.0 Å². The maximum absolute atomic E-state index is 9.77. The van der Waals surface area contributed by atoms with Crippen LogP contribution < -0.4 is 10.6 Å². The number of fused-ring (bicyclic) bond motifs is 1. The Morgan fingerprint density at radius 3 is 2.25 bits per heavy atom. The van der Waals surface area contributed by atoms with Crippen LogP contribution in [0.25, 0.3) is 11.0 Å². The smallest absolute Gasteiger partial charge is 0.335 e. The molecular weight excluding hydrogens is 462 g/mol. The number of aliphatic carboxylic acids is 2. The van der Waals surface area contributed by atoms with Crippen LogP contribution in [0.2, 0.25) is 0 Å². The molecule has 0 fully saturated rings. The minimum Gasteiger partial charge on any atom is -0.479 e. The summed E-state index contributed by atoms with van der Waals surface area (Å²) in [6, 6.07) is 3.90. The van der Waals surface area contributed by atoms with Crippen LogP contribution in [0.15, 0.2) is 34.0 Å². The summed E-state index contributed by atoms with van der Waals surface area (Å²) in [7, 11) is 0. The van der Waals surface area contributed by atoms with Crippen molar-refractivity contribution >= 4 is 63.0 Å². The first kappa shape index (κ1) is 23.5. The Morgan fingerprint density at radius 1 is 1.11 bits per heavy atom. The first-order valence-electron chi connectivity index (χ1n) is 7.57. The lowest BCUT2D eigenvalue weighted by molar-refractivity contribution is -0.165. The summed E-state index contributed by atoms with van der Waals surface area (Å²) in [5.74, 6) is -2.74. The molecule has 0 saturated heterocycles. The normalized spacial score (nSPS) is 14.5. The van der Waals surface area contributed by atoms with E-state index in [0.717, 1.165) is 40.2 Å². The van der Waals surface area contributed by atoms with E-state index in [-0.39, 0.29) is 12.4 Å². The number of nitrogens with zero attached hydrogens (tertiary/aromatic N) is 3. The van der Waals surface area contributed by atoms with Crippen LogP contribution in [-0.4, -0.2) is 73.6 Å². The largest absolute Gasteiger partial charge is 0.479 e. The molecule has 13 heteroatoms. The monoisotopic (exact) mass is 477 g/mol. The number of carboxylic acids is 2. The zero-order valence-corrected chi connectivity index (χ0v) is 16.5. The standard InChI is InChI=1S/C11H10BrN5.C4H6O6.ClH/c12-9-7(17-11-15-5-6-16-11)1-2-8-10(9)14-4-3-13-8;5-1(3(7)8)2(6)4(9)10;/h1-4H,5-6H2,(H2,15,16,17);1-2,5-6H,(H,7,8)(H,9,10);1H. The molecule has 0 bridgehead atoms. The Balaban J connectivity index is 0.000000312. The van der Waals surface area contributed by atoms with Crippen LogP contribution in [0.5, 0.6) is 0 Å². The van der Waals surface area contributed by atoms with E-state index < -0.39 is 24.1 Å². The highest BCUT2D eigenvalue weighted by Gasteiger charge is 2.29. The second kappa shape index (κ2) is 10.7. The van der Waals surface area contributed by atoms with Crippen LogP contribution in [0.1, 0.15) is 0 Å². The molecule has 2 heterocycles. The van der Waals surface area contributed by atoms with Crippen LogP contribution in [0.3, 0.4) is 0 Å². The van der Waals surface area contributed by atoms with Gasteiger partial charge in [0.15, 0.2) is 18.2 Å². The zero-order valence-electron chi connectivity index (χ0n) is 14.1. The quantitative estimate of drug-likeness (QED) is 0.352. The van der Waals surface area contributed by atoms with E-state index in [1.807, 2.05) is 12.1 Å². The average Bonchev–Trinajstić information content (AvgIpc) is 3.16. The number of anilines is 1. The van der Waals surface area contributed by atoms with Crippen LogP contribution in [0.4, 0.5) is 5.69 Å². The number of aliphatic hydroxyl groups is 2. The average molecular weight is 479 g/mol. The molecular formula is C15H17BrClN5O6. The van der Waals surface area contributed by atoms with E-state index in [4.69, 9.17) is 20.4 Å². The lowest BCUT2D eigenvalue weighted by Gasteiger charge is -2.09. The predicted molar refractivity (Wildman–Crippen MR) is 106 cm³/mol. The fourth-order valence-corrected chi connectivity index (χ4v) is 2.52. The summed E-state index contributed by atoms with van der Waals surface area (Å²) >= 11 is 3.54. The van der Waals surface area contributed by atoms with Crippen molar-refractivity contribution in [3.8, 4) is 0 Å². The fourth-order valence-electron chi connectivity index (χ4n) is 1.98. The summed E-state index contributed by atoms with van der Waals surface area (Å²) in [6.45, 7) is 1.70. The third-order valence-corrected chi connectivity index (χ3v) is 4.11. The van der Waals surface area contributed by atoms with Gasteiger partial charge >= 0.3 is 11.9 Å². The van der Waals surface area contributed by atoms with Gasteiger partial charge in [-0.2, -0.15) is 0 Å². The van der Waals surface area contributed by atoms with Crippen molar-refractivity contribution in [1.29, 1.82) is 0 Å². The maximum atomic E-state index is 9.77. The van der Waals surface area contributed by atoms with Crippen molar-refractivity contribution in [2.45, 2.75) is 12.2 Å². The van der Waals surface area contributed by atoms with Gasteiger partial charge in [0.05, 0.1) is 22.2 Å². The Labute approximate surface area is 173 Å². The number of aliphatic hydroxyl groups excluding tert-OH is 2. The first-order chi connectivity index (χ1) is 12.8. The van der Waals surface area contributed by atoms with Gasteiger partial charge in [0.2, 0.25) is 0 Å². The topological polar surface area (TPSA) is 177 Å². The summed E-state index contributed by atoms with van der Waals surface area (Å²) in [5.41, 5.74) is 2.65. The third kappa shape index (κ3) is 5.99. The summed E-state index contributed by atoms with van der Waals surface area (Å²) in [6.07, 6.45) is -1.16. The number of carbonyl (C=O) groups is 2. The van der Waals surface area contributed by atoms with Gasteiger partial charge in [-0.05, 0) is 28.1 Å².